The van der Waals surface area contributed by atoms with Gasteiger partial charge < -0.3 is 9.64 Å². The van der Waals surface area contributed by atoms with Crippen LogP contribution in [-0.2, 0) is 20.9 Å². The summed E-state index contributed by atoms with van der Waals surface area (Å²) in [7, 11) is 2.16. The van der Waals surface area contributed by atoms with Gasteiger partial charge >= 0.3 is 5.97 Å². The van der Waals surface area contributed by atoms with E-state index in [4.69, 9.17) is 4.74 Å². The molecule has 0 aromatic carbocycles. The van der Waals surface area contributed by atoms with Crippen molar-refractivity contribution in [3.8, 4) is 5.69 Å². The van der Waals surface area contributed by atoms with E-state index in [1.54, 1.807) is 29.0 Å². The first kappa shape index (κ1) is 23.0. The lowest BCUT2D eigenvalue weighted by Gasteiger charge is -2.41. The van der Waals surface area contributed by atoms with E-state index in [2.05, 4.69) is 39.4 Å². The molecule has 0 bridgehead atoms. The second-order valence-electron chi connectivity index (χ2n) is 9.42. The number of nitrogens with zero attached hydrogens (tertiary/aromatic N) is 7. The Bertz CT molecular complexity index is 996. The second kappa shape index (κ2) is 9.78. The van der Waals surface area contributed by atoms with Crippen molar-refractivity contribution in [2.45, 2.75) is 58.5 Å². The van der Waals surface area contributed by atoms with Gasteiger partial charge in [0, 0.05) is 19.1 Å². The maximum atomic E-state index is 11.6. The summed E-state index contributed by atoms with van der Waals surface area (Å²) in [5.74, 6) is -0.328. The Hall–Kier alpha value is -3.14. The Balaban J connectivity index is 1.27. The third kappa shape index (κ3) is 5.27. The molecule has 1 aliphatic carbocycles. The zero-order valence-corrected chi connectivity index (χ0v) is 19.5. The van der Waals surface area contributed by atoms with Crippen LogP contribution >= 0.6 is 0 Å². The standard InChI is InChI=1S/C23H31N7O3/c1-17-21(14-33-22(17)32)29(16-31)11-10-23(2)8-6-19(7-9-23)28(3)13-18-4-5-20(12-24-18)30-15-25-26-27-30/h4-5,12,15-16,19H,6-11,13-14H2,1-3H3. The Morgan fingerprint density at radius 3 is 2.67 bits per heavy atom. The van der Waals surface area contributed by atoms with Gasteiger partial charge in [0.15, 0.2) is 0 Å². The number of pyridine rings is 1. The largest absolute Gasteiger partial charge is 0.456 e. The summed E-state index contributed by atoms with van der Waals surface area (Å²) < 4.78 is 6.64. The zero-order chi connectivity index (χ0) is 23.4. The van der Waals surface area contributed by atoms with E-state index < -0.39 is 0 Å². The van der Waals surface area contributed by atoms with Crippen LogP contribution in [0.5, 0.6) is 0 Å². The fourth-order valence-electron chi connectivity index (χ4n) is 4.71. The lowest BCUT2D eigenvalue weighted by molar-refractivity contribution is -0.136. The first-order valence-corrected chi connectivity index (χ1v) is 11.4. The average Bonchev–Trinajstić information content (AvgIpc) is 3.47. The van der Waals surface area contributed by atoms with Crippen LogP contribution in [0.2, 0.25) is 0 Å². The Kier molecular flexibility index (Phi) is 6.83. The Labute approximate surface area is 193 Å². The van der Waals surface area contributed by atoms with Crippen molar-refractivity contribution in [1.29, 1.82) is 0 Å². The smallest absolute Gasteiger partial charge is 0.336 e. The molecule has 3 heterocycles. The average molecular weight is 454 g/mol. The number of rotatable bonds is 9. The summed E-state index contributed by atoms with van der Waals surface area (Å²) in [6.07, 6.45) is 9.50. The molecular formula is C23H31N7O3. The molecule has 0 N–H and O–H groups in total. The van der Waals surface area contributed by atoms with E-state index in [9.17, 15) is 9.59 Å². The predicted molar refractivity (Wildman–Crippen MR) is 120 cm³/mol. The zero-order valence-electron chi connectivity index (χ0n) is 19.5. The van der Waals surface area contributed by atoms with Gasteiger partial charge in [-0.2, -0.15) is 4.68 Å². The van der Waals surface area contributed by atoms with Crippen LogP contribution in [0.15, 0.2) is 35.9 Å². The maximum Gasteiger partial charge on any atom is 0.336 e. The van der Waals surface area contributed by atoms with Gasteiger partial charge in [0.05, 0.1) is 28.8 Å². The first-order valence-electron chi connectivity index (χ1n) is 11.4. The second-order valence-corrected chi connectivity index (χ2v) is 9.42. The van der Waals surface area contributed by atoms with E-state index in [0.29, 0.717) is 23.9 Å². The van der Waals surface area contributed by atoms with Gasteiger partial charge in [-0.1, -0.05) is 6.92 Å². The van der Waals surface area contributed by atoms with E-state index in [-0.39, 0.29) is 18.0 Å². The van der Waals surface area contributed by atoms with Crippen molar-refractivity contribution in [3.05, 3.63) is 41.6 Å². The van der Waals surface area contributed by atoms with Crippen molar-refractivity contribution < 1.29 is 14.3 Å². The minimum Gasteiger partial charge on any atom is -0.456 e. The van der Waals surface area contributed by atoms with E-state index >= 15 is 0 Å². The quantitative estimate of drug-likeness (QED) is 0.420. The van der Waals surface area contributed by atoms with Crippen LogP contribution in [0.4, 0.5) is 0 Å². The third-order valence-corrected chi connectivity index (χ3v) is 7.13. The van der Waals surface area contributed by atoms with Gasteiger partial charge in [-0.25, -0.2) is 4.79 Å². The molecule has 4 rings (SSSR count). The van der Waals surface area contributed by atoms with E-state index in [1.165, 1.54) is 0 Å². The highest BCUT2D eigenvalue weighted by Gasteiger charge is 2.34. The summed E-state index contributed by atoms with van der Waals surface area (Å²) in [6, 6.07) is 4.50. The molecule has 2 aliphatic rings. The molecule has 0 spiro atoms. The van der Waals surface area contributed by atoms with Gasteiger partial charge in [0.1, 0.15) is 12.9 Å². The molecule has 0 unspecified atom stereocenters. The van der Waals surface area contributed by atoms with Gasteiger partial charge in [-0.05, 0) is 74.1 Å². The normalized spacial score (nSPS) is 23.2. The fraction of sp³-hybridized carbons (Fsp3) is 0.565. The molecule has 10 nitrogen and oxygen atoms in total. The van der Waals surface area contributed by atoms with Gasteiger partial charge in [0.25, 0.3) is 0 Å². The molecule has 0 radical (unpaired) electrons. The highest BCUT2D eigenvalue weighted by molar-refractivity contribution is 5.91. The highest BCUT2D eigenvalue weighted by Crippen LogP contribution is 2.40. The number of cyclic esters (lactones) is 1. The molecular weight excluding hydrogens is 422 g/mol. The number of esters is 1. The topological polar surface area (TPSA) is 106 Å². The molecule has 1 saturated carbocycles. The molecule has 1 amide bonds. The summed E-state index contributed by atoms with van der Waals surface area (Å²) in [5.41, 5.74) is 3.27. The van der Waals surface area contributed by atoms with Crippen LogP contribution in [-0.4, -0.2) is 73.6 Å². The van der Waals surface area contributed by atoms with Crippen molar-refractivity contribution in [2.75, 3.05) is 20.2 Å². The maximum absolute atomic E-state index is 11.6. The number of amides is 1. The van der Waals surface area contributed by atoms with Gasteiger partial charge in [0.2, 0.25) is 6.41 Å². The van der Waals surface area contributed by atoms with Crippen LogP contribution in [0, 0.1) is 5.41 Å². The van der Waals surface area contributed by atoms with Crippen molar-refractivity contribution in [1.82, 2.24) is 35.0 Å². The first-order chi connectivity index (χ1) is 15.9. The number of ether oxygens (including phenoxy) is 1. The molecule has 2 aromatic rings. The lowest BCUT2D eigenvalue weighted by Crippen LogP contribution is -2.39. The van der Waals surface area contributed by atoms with Gasteiger partial charge in [-0.3, -0.25) is 14.7 Å². The third-order valence-electron chi connectivity index (χ3n) is 7.13. The molecule has 10 heteroatoms. The molecule has 0 saturated heterocycles. The van der Waals surface area contributed by atoms with Crippen LogP contribution in [0.1, 0.15) is 51.6 Å². The molecule has 2 aromatic heterocycles. The molecule has 1 fully saturated rings. The van der Waals surface area contributed by atoms with Crippen molar-refractivity contribution >= 4 is 12.4 Å². The number of hydrogen-bond donors (Lipinski definition) is 0. The molecule has 1 aliphatic heterocycles. The predicted octanol–water partition coefficient (Wildman–Crippen LogP) is 2.12. The molecule has 176 valence electrons. The SMILES string of the molecule is CC1=C(N(C=O)CCC2(C)CCC(N(C)Cc3ccc(-n4cnnn4)cn3)CC2)COC1=O. The number of carbonyl (C=O) groups excluding carboxylic acids is 2. The van der Waals surface area contributed by atoms with Gasteiger partial charge in [-0.15, -0.1) is 5.10 Å². The van der Waals surface area contributed by atoms with Crippen LogP contribution < -0.4 is 0 Å². The van der Waals surface area contributed by atoms with Crippen molar-refractivity contribution in [3.63, 3.8) is 0 Å². The number of carbonyl (C=O) groups is 2. The Morgan fingerprint density at radius 2 is 2.09 bits per heavy atom. The lowest BCUT2D eigenvalue weighted by atomic mass is 9.71. The van der Waals surface area contributed by atoms with Crippen molar-refractivity contribution in [2.24, 2.45) is 5.41 Å². The number of tetrazole rings is 1. The summed E-state index contributed by atoms with van der Waals surface area (Å²) in [5, 5.41) is 11.2. The van der Waals surface area contributed by atoms with E-state index in [1.807, 2.05) is 12.1 Å². The van der Waals surface area contributed by atoms with E-state index in [0.717, 1.165) is 56.4 Å². The minimum atomic E-state index is -0.328. The summed E-state index contributed by atoms with van der Waals surface area (Å²) in [4.78, 5) is 31.9. The molecule has 0 atom stereocenters. The minimum absolute atomic E-state index is 0.183. The number of aromatic nitrogens is 5. The monoisotopic (exact) mass is 453 g/mol. The highest BCUT2D eigenvalue weighted by atomic mass is 16.5. The van der Waals surface area contributed by atoms with Crippen LogP contribution in [0.25, 0.3) is 5.69 Å². The van der Waals surface area contributed by atoms with Crippen LogP contribution in [0.3, 0.4) is 0 Å². The summed E-state index contributed by atoms with van der Waals surface area (Å²) >= 11 is 0. The fourth-order valence-corrected chi connectivity index (χ4v) is 4.71. The summed E-state index contributed by atoms with van der Waals surface area (Å²) in [6.45, 7) is 5.62. The molecule has 33 heavy (non-hydrogen) atoms. The number of hydrogen-bond acceptors (Lipinski definition) is 8. The Morgan fingerprint density at radius 1 is 1.30 bits per heavy atom.